The third-order valence-corrected chi connectivity index (χ3v) is 4.70. The number of hydrogen-bond acceptors (Lipinski definition) is 4. The van der Waals surface area contributed by atoms with E-state index >= 15 is 0 Å². The number of benzene rings is 2. The first-order chi connectivity index (χ1) is 13.3. The van der Waals surface area contributed by atoms with Crippen molar-refractivity contribution in [1.82, 2.24) is 4.98 Å². The number of halogens is 4. The van der Waals surface area contributed by atoms with Gasteiger partial charge in [-0.1, -0.05) is 34.8 Å². The molecule has 28 heavy (non-hydrogen) atoms. The molecule has 0 aliphatic heterocycles. The Morgan fingerprint density at radius 2 is 1.79 bits per heavy atom. The fraction of sp³-hybridized carbons (Fsp3) is 0.0526. The average molecular weight is 442 g/mol. The van der Waals surface area contributed by atoms with E-state index in [0.29, 0.717) is 22.0 Å². The molecule has 0 saturated heterocycles. The van der Waals surface area contributed by atoms with Crippen LogP contribution < -0.4 is 10.1 Å². The molecule has 0 unspecified atom stereocenters. The van der Waals surface area contributed by atoms with Crippen molar-refractivity contribution in [3.8, 4) is 11.5 Å². The summed E-state index contributed by atoms with van der Waals surface area (Å²) in [5, 5.41) is 12.7. The average Bonchev–Trinajstić information content (AvgIpc) is 2.66. The first-order valence-corrected chi connectivity index (χ1v) is 9.01. The molecule has 1 aromatic heterocycles. The van der Waals surface area contributed by atoms with Gasteiger partial charge in [0, 0.05) is 18.2 Å². The summed E-state index contributed by atoms with van der Waals surface area (Å²) in [6, 6.07) is 9.91. The van der Waals surface area contributed by atoms with E-state index in [2.05, 4.69) is 10.3 Å². The molecule has 5 nitrogen and oxygen atoms in total. The van der Waals surface area contributed by atoms with E-state index in [4.69, 9.17) is 44.6 Å². The minimum atomic E-state index is -1.11. The van der Waals surface area contributed by atoms with Crippen LogP contribution in [-0.2, 0) is 6.54 Å². The Balaban J connectivity index is 1.83. The van der Waals surface area contributed by atoms with Crippen molar-refractivity contribution < 1.29 is 19.0 Å². The number of ether oxygens (including phenoxy) is 1. The Hall–Kier alpha value is -2.54. The fourth-order valence-corrected chi connectivity index (χ4v) is 2.85. The Morgan fingerprint density at radius 3 is 2.43 bits per heavy atom. The van der Waals surface area contributed by atoms with Crippen LogP contribution in [0.2, 0.25) is 15.1 Å². The lowest BCUT2D eigenvalue weighted by atomic mass is 10.2. The lowest BCUT2D eigenvalue weighted by Gasteiger charge is -2.15. The number of hydrogen-bond donors (Lipinski definition) is 2. The molecule has 1 heterocycles. The molecule has 0 aliphatic carbocycles. The maximum absolute atomic E-state index is 13.2. The highest BCUT2D eigenvalue weighted by molar-refractivity contribution is 6.42. The van der Waals surface area contributed by atoms with Crippen LogP contribution in [0.15, 0.2) is 48.7 Å². The largest absolute Gasteiger partial charge is 0.477 e. The van der Waals surface area contributed by atoms with E-state index < -0.39 is 11.8 Å². The number of carbonyl (C=O) groups is 1. The summed E-state index contributed by atoms with van der Waals surface area (Å²) in [5.74, 6) is -0.950. The van der Waals surface area contributed by atoms with Crippen LogP contribution in [-0.4, -0.2) is 16.1 Å². The number of aromatic carboxylic acids is 1. The van der Waals surface area contributed by atoms with Crippen molar-refractivity contribution in [1.29, 1.82) is 0 Å². The normalized spacial score (nSPS) is 10.6. The number of aromatic nitrogens is 1. The van der Waals surface area contributed by atoms with Gasteiger partial charge in [0.2, 0.25) is 0 Å². The highest BCUT2D eigenvalue weighted by atomic mass is 35.5. The molecule has 144 valence electrons. The Labute approximate surface area is 174 Å². The molecule has 0 aliphatic rings. The minimum Gasteiger partial charge on any atom is -0.477 e. The van der Waals surface area contributed by atoms with Gasteiger partial charge in [0.25, 0.3) is 0 Å². The summed E-state index contributed by atoms with van der Waals surface area (Å²) >= 11 is 18.2. The molecule has 2 aromatic carbocycles. The van der Waals surface area contributed by atoms with Crippen LogP contribution in [0.5, 0.6) is 11.5 Å². The molecule has 2 N–H and O–H groups in total. The van der Waals surface area contributed by atoms with E-state index in [1.165, 1.54) is 30.5 Å². The van der Waals surface area contributed by atoms with Gasteiger partial charge in [0.15, 0.2) is 0 Å². The molecule has 3 rings (SSSR count). The summed E-state index contributed by atoms with van der Waals surface area (Å²) in [6.45, 7) is 0.277. The molecule has 0 atom stereocenters. The highest BCUT2D eigenvalue weighted by Gasteiger charge is 2.13. The summed E-state index contributed by atoms with van der Waals surface area (Å²) in [4.78, 5) is 14.7. The van der Waals surface area contributed by atoms with E-state index in [1.807, 2.05) is 0 Å². The van der Waals surface area contributed by atoms with Gasteiger partial charge < -0.3 is 15.2 Å². The smallest absolute Gasteiger partial charge is 0.354 e. The van der Waals surface area contributed by atoms with Gasteiger partial charge in [-0.25, -0.2) is 14.2 Å². The van der Waals surface area contributed by atoms with Crippen LogP contribution in [0.3, 0.4) is 0 Å². The summed E-state index contributed by atoms with van der Waals surface area (Å²) in [7, 11) is 0. The summed E-state index contributed by atoms with van der Waals surface area (Å²) in [6.07, 6.45) is 1.40. The maximum atomic E-state index is 13.2. The third-order valence-electron chi connectivity index (χ3n) is 3.68. The number of carboxylic acid groups (broad SMARTS) is 1. The number of rotatable bonds is 6. The maximum Gasteiger partial charge on any atom is 0.354 e. The van der Waals surface area contributed by atoms with Crippen LogP contribution in [0, 0.1) is 5.82 Å². The number of nitrogens with zero attached hydrogens (tertiary/aromatic N) is 1. The zero-order valence-corrected chi connectivity index (χ0v) is 16.3. The van der Waals surface area contributed by atoms with Gasteiger partial charge in [-0.2, -0.15) is 0 Å². The van der Waals surface area contributed by atoms with Gasteiger partial charge in [-0.15, -0.1) is 0 Å². The lowest BCUT2D eigenvalue weighted by Crippen LogP contribution is -2.04. The van der Waals surface area contributed by atoms with Crippen LogP contribution in [0.4, 0.5) is 10.1 Å². The van der Waals surface area contributed by atoms with Gasteiger partial charge >= 0.3 is 5.97 Å². The van der Waals surface area contributed by atoms with Crippen LogP contribution >= 0.6 is 34.8 Å². The van der Waals surface area contributed by atoms with Crippen molar-refractivity contribution in [3.05, 3.63) is 80.8 Å². The van der Waals surface area contributed by atoms with Crippen molar-refractivity contribution in [2.75, 3.05) is 5.32 Å². The first kappa shape index (κ1) is 20.2. The van der Waals surface area contributed by atoms with E-state index in [1.54, 1.807) is 12.1 Å². The minimum absolute atomic E-state index is 0.0601. The van der Waals surface area contributed by atoms with Gasteiger partial charge in [0.1, 0.15) is 23.0 Å². The molecule has 0 spiro atoms. The van der Waals surface area contributed by atoms with E-state index in [-0.39, 0.29) is 28.0 Å². The van der Waals surface area contributed by atoms with Crippen molar-refractivity contribution in [2.45, 2.75) is 6.54 Å². The molecule has 0 fully saturated rings. The molecule has 0 bridgehead atoms. The van der Waals surface area contributed by atoms with Gasteiger partial charge in [-0.05, 0) is 36.4 Å². The number of carboxylic acids is 1. The van der Waals surface area contributed by atoms with E-state index in [9.17, 15) is 9.18 Å². The second kappa shape index (κ2) is 8.65. The predicted octanol–water partition coefficient (Wildman–Crippen LogP) is 6.28. The second-order valence-electron chi connectivity index (χ2n) is 5.64. The number of pyridine rings is 1. The molecule has 0 amide bonds. The summed E-state index contributed by atoms with van der Waals surface area (Å²) < 4.78 is 19.0. The molecule has 0 radical (unpaired) electrons. The molecule has 3 aromatic rings. The topological polar surface area (TPSA) is 71.5 Å². The predicted molar refractivity (Wildman–Crippen MR) is 106 cm³/mol. The zero-order valence-electron chi connectivity index (χ0n) is 14.0. The van der Waals surface area contributed by atoms with Crippen molar-refractivity contribution in [3.63, 3.8) is 0 Å². The monoisotopic (exact) mass is 440 g/mol. The standard InChI is InChI=1S/C19H12Cl3FN2O3/c20-13-5-10(8-24-12-2-3-16(19(26)27)25-9-12)18(7-14(13)21)28-17-4-1-11(23)6-15(17)22/h1-7,9,24H,8H2,(H,26,27). The van der Waals surface area contributed by atoms with Gasteiger partial charge in [-0.3, -0.25) is 0 Å². The van der Waals surface area contributed by atoms with Crippen molar-refractivity contribution >= 4 is 46.5 Å². The second-order valence-corrected chi connectivity index (χ2v) is 6.86. The Bertz CT molecular complexity index is 1030. The quantitative estimate of drug-likeness (QED) is 0.471. The molecule has 9 heteroatoms. The molecular formula is C19H12Cl3FN2O3. The molecular weight excluding hydrogens is 430 g/mol. The zero-order chi connectivity index (χ0) is 20.3. The fourth-order valence-electron chi connectivity index (χ4n) is 2.30. The lowest BCUT2D eigenvalue weighted by molar-refractivity contribution is 0.0690. The third kappa shape index (κ3) is 4.84. The Morgan fingerprint density at radius 1 is 1.04 bits per heavy atom. The van der Waals surface area contributed by atoms with Crippen LogP contribution in [0.1, 0.15) is 16.1 Å². The van der Waals surface area contributed by atoms with Crippen LogP contribution in [0.25, 0.3) is 0 Å². The number of nitrogens with one attached hydrogen (secondary N) is 1. The molecule has 0 saturated carbocycles. The number of anilines is 1. The van der Waals surface area contributed by atoms with E-state index in [0.717, 1.165) is 6.07 Å². The SMILES string of the molecule is O=C(O)c1ccc(NCc2cc(Cl)c(Cl)cc2Oc2ccc(F)cc2Cl)cn1. The first-order valence-electron chi connectivity index (χ1n) is 7.87. The van der Waals surface area contributed by atoms with Gasteiger partial charge in [0.05, 0.1) is 27.0 Å². The summed E-state index contributed by atoms with van der Waals surface area (Å²) in [5.41, 5.74) is 1.19. The Kier molecular flexibility index (Phi) is 6.24. The van der Waals surface area contributed by atoms with Crippen molar-refractivity contribution in [2.24, 2.45) is 0 Å². The highest BCUT2D eigenvalue weighted by Crippen LogP contribution is 2.36.